The van der Waals surface area contributed by atoms with Crippen molar-refractivity contribution < 1.29 is 18.3 Å². The fourth-order valence-corrected chi connectivity index (χ4v) is 4.06. The zero-order valence-corrected chi connectivity index (χ0v) is 15.5. The van der Waals surface area contributed by atoms with Gasteiger partial charge in [0.2, 0.25) is 5.92 Å². The van der Waals surface area contributed by atoms with E-state index in [0.717, 1.165) is 12.8 Å². The maximum atomic E-state index is 14.3. The van der Waals surface area contributed by atoms with Crippen molar-refractivity contribution in [2.24, 2.45) is 17.3 Å². The molecule has 2 nitrogen and oxygen atoms in total. The molecule has 1 atom stereocenters. The molecule has 0 heterocycles. The molecule has 1 fully saturated rings. The summed E-state index contributed by atoms with van der Waals surface area (Å²) in [7, 11) is 1.68. The van der Waals surface area contributed by atoms with Gasteiger partial charge in [-0.15, -0.1) is 0 Å². The van der Waals surface area contributed by atoms with Crippen LogP contribution in [0.25, 0.3) is 0 Å². The minimum atomic E-state index is -2.59. The molecule has 1 rings (SSSR count). The van der Waals surface area contributed by atoms with Crippen LogP contribution in [0.2, 0.25) is 0 Å². The highest BCUT2D eigenvalue weighted by atomic mass is 19.3. The van der Waals surface area contributed by atoms with Gasteiger partial charge in [0.05, 0.1) is 13.2 Å². The van der Waals surface area contributed by atoms with Gasteiger partial charge in [-0.1, -0.05) is 33.1 Å². The highest BCUT2D eigenvalue weighted by Gasteiger charge is 2.42. The minimum Gasteiger partial charge on any atom is -0.384 e. The molecule has 0 amide bonds. The molecule has 1 saturated carbocycles. The Balaban J connectivity index is 2.82. The summed E-state index contributed by atoms with van der Waals surface area (Å²) in [5.41, 5.74) is -0.258. The molecule has 0 bridgehead atoms. The molecule has 0 aliphatic heterocycles. The molecule has 0 aromatic heterocycles. The van der Waals surface area contributed by atoms with Crippen molar-refractivity contribution in [3.05, 3.63) is 0 Å². The van der Waals surface area contributed by atoms with E-state index in [1.165, 1.54) is 19.3 Å². The summed E-state index contributed by atoms with van der Waals surface area (Å²) in [6.45, 7) is 7.37. The Kier molecular flexibility index (Phi) is 8.99. The molecule has 0 radical (unpaired) electrons. The summed E-state index contributed by atoms with van der Waals surface area (Å²) in [6, 6.07) is 0. The molecule has 23 heavy (non-hydrogen) atoms. The van der Waals surface area contributed by atoms with E-state index < -0.39 is 5.92 Å². The van der Waals surface area contributed by atoms with Gasteiger partial charge in [-0.3, -0.25) is 0 Å². The first-order valence-electron chi connectivity index (χ1n) is 9.30. The number of hydrogen-bond donors (Lipinski definition) is 0. The van der Waals surface area contributed by atoms with Gasteiger partial charge in [0, 0.05) is 32.0 Å². The van der Waals surface area contributed by atoms with Crippen molar-refractivity contribution in [2.45, 2.75) is 78.1 Å². The molecule has 1 aliphatic rings. The second-order valence-corrected chi connectivity index (χ2v) is 7.72. The van der Waals surface area contributed by atoms with Crippen LogP contribution in [0.5, 0.6) is 0 Å². The molecular formula is C19H36F2O2. The second kappa shape index (κ2) is 9.93. The highest BCUT2D eigenvalue weighted by Crippen LogP contribution is 2.45. The number of rotatable bonds is 11. The smallest absolute Gasteiger partial charge is 0.248 e. The van der Waals surface area contributed by atoms with E-state index in [9.17, 15) is 8.78 Å². The fourth-order valence-electron chi connectivity index (χ4n) is 4.06. The number of alkyl halides is 2. The highest BCUT2D eigenvalue weighted by molar-refractivity contribution is 4.90. The lowest BCUT2D eigenvalue weighted by molar-refractivity contribution is -0.0870. The van der Waals surface area contributed by atoms with Crippen LogP contribution < -0.4 is 0 Å². The Bertz CT molecular complexity index is 314. The van der Waals surface area contributed by atoms with Crippen molar-refractivity contribution in [1.82, 2.24) is 0 Å². The molecule has 0 aromatic carbocycles. The van der Waals surface area contributed by atoms with E-state index in [1.807, 2.05) is 20.8 Å². The zero-order chi connectivity index (χ0) is 17.3. The van der Waals surface area contributed by atoms with E-state index in [0.29, 0.717) is 32.2 Å². The van der Waals surface area contributed by atoms with Gasteiger partial charge in [-0.05, 0) is 38.0 Å². The Morgan fingerprint density at radius 3 is 2.22 bits per heavy atom. The monoisotopic (exact) mass is 334 g/mol. The van der Waals surface area contributed by atoms with E-state index in [2.05, 4.69) is 0 Å². The van der Waals surface area contributed by atoms with Crippen LogP contribution in [0.4, 0.5) is 8.78 Å². The second-order valence-electron chi connectivity index (χ2n) is 7.72. The molecule has 0 saturated heterocycles. The van der Waals surface area contributed by atoms with Crippen LogP contribution in [-0.4, -0.2) is 32.9 Å². The Labute approximate surface area is 141 Å². The van der Waals surface area contributed by atoms with Crippen LogP contribution in [0.3, 0.4) is 0 Å². The van der Waals surface area contributed by atoms with Gasteiger partial charge in [0.25, 0.3) is 0 Å². The molecule has 138 valence electrons. The number of methoxy groups -OCH3 is 1. The van der Waals surface area contributed by atoms with Crippen molar-refractivity contribution in [2.75, 3.05) is 26.9 Å². The molecule has 1 aliphatic carbocycles. The van der Waals surface area contributed by atoms with Crippen LogP contribution in [-0.2, 0) is 9.47 Å². The molecule has 0 spiro atoms. The number of halogens is 2. The van der Waals surface area contributed by atoms with Crippen molar-refractivity contribution in [3.8, 4) is 0 Å². The summed E-state index contributed by atoms with van der Waals surface area (Å²) < 4.78 is 39.7. The SMILES string of the molecule is CCOCC(CCC(F)(F)CC(C)C)(COC)C1CCCCC1. The quantitative estimate of drug-likeness (QED) is 0.483. The molecule has 4 heteroatoms. The fraction of sp³-hybridized carbons (Fsp3) is 1.00. The number of hydrogen-bond acceptors (Lipinski definition) is 2. The van der Waals surface area contributed by atoms with Crippen LogP contribution in [0, 0.1) is 17.3 Å². The average molecular weight is 334 g/mol. The third-order valence-corrected chi connectivity index (χ3v) is 5.19. The summed E-state index contributed by atoms with van der Waals surface area (Å²) >= 11 is 0. The third kappa shape index (κ3) is 7.04. The van der Waals surface area contributed by atoms with Gasteiger partial charge < -0.3 is 9.47 Å². The molecular weight excluding hydrogens is 298 g/mol. The summed E-state index contributed by atoms with van der Waals surface area (Å²) in [4.78, 5) is 0. The summed E-state index contributed by atoms with van der Waals surface area (Å²) in [5.74, 6) is -2.13. The standard InChI is InChI=1S/C19H36F2O2/c1-5-23-15-18(14-22-4,17-9-7-6-8-10-17)11-12-19(20,21)13-16(2)3/h16-17H,5-15H2,1-4H3. The predicted octanol–water partition coefficient (Wildman–Crippen LogP) is 5.70. The van der Waals surface area contributed by atoms with Gasteiger partial charge >= 0.3 is 0 Å². The van der Waals surface area contributed by atoms with E-state index in [4.69, 9.17) is 9.47 Å². The molecule has 1 unspecified atom stereocenters. The maximum absolute atomic E-state index is 14.3. The first-order chi connectivity index (χ1) is 10.9. The van der Waals surface area contributed by atoms with E-state index in [-0.39, 0.29) is 24.2 Å². The Morgan fingerprint density at radius 2 is 1.70 bits per heavy atom. The number of ether oxygens (including phenoxy) is 2. The summed E-state index contributed by atoms with van der Waals surface area (Å²) in [6.07, 6.45) is 6.30. The molecule has 0 aromatic rings. The van der Waals surface area contributed by atoms with E-state index >= 15 is 0 Å². The average Bonchev–Trinajstić information content (AvgIpc) is 2.50. The lowest BCUT2D eigenvalue weighted by Gasteiger charge is -2.43. The van der Waals surface area contributed by atoms with Crippen molar-refractivity contribution >= 4 is 0 Å². The van der Waals surface area contributed by atoms with Gasteiger partial charge in [-0.2, -0.15) is 0 Å². The van der Waals surface area contributed by atoms with Gasteiger partial charge in [-0.25, -0.2) is 8.78 Å². The van der Waals surface area contributed by atoms with Crippen LogP contribution in [0.15, 0.2) is 0 Å². The molecule has 0 N–H and O–H groups in total. The first-order valence-corrected chi connectivity index (χ1v) is 9.30. The van der Waals surface area contributed by atoms with Crippen LogP contribution >= 0.6 is 0 Å². The predicted molar refractivity (Wildman–Crippen MR) is 91.0 cm³/mol. The minimum absolute atomic E-state index is 0.0170. The lowest BCUT2D eigenvalue weighted by atomic mass is 9.66. The van der Waals surface area contributed by atoms with E-state index in [1.54, 1.807) is 7.11 Å². The Morgan fingerprint density at radius 1 is 1.04 bits per heavy atom. The van der Waals surface area contributed by atoms with Crippen molar-refractivity contribution in [1.29, 1.82) is 0 Å². The normalized spacial score (nSPS) is 20.0. The van der Waals surface area contributed by atoms with Crippen molar-refractivity contribution in [3.63, 3.8) is 0 Å². The topological polar surface area (TPSA) is 18.5 Å². The van der Waals surface area contributed by atoms with Gasteiger partial charge in [0.1, 0.15) is 0 Å². The van der Waals surface area contributed by atoms with Crippen LogP contribution in [0.1, 0.15) is 72.1 Å². The first kappa shape index (κ1) is 20.8. The lowest BCUT2D eigenvalue weighted by Crippen LogP contribution is -2.42. The zero-order valence-electron chi connectivity index (χ0n) is 15.5. The maximum Gasteiger partial charge on any atom is 0.248 e. The van der Waals surface area contributed by atoms with Gasteiger partial charge in [0.15, 0.2) is 0 Å². The Hall–Kier alpha value is -0.220. The third-order valence-electron chi connectivity index (χ3n) is 5.19. The summed E-state index contributed by atoms with van der Waals surface area (Å²) in [5, 5.41) is 0. The largest absolute Gasteiger partial charge is 0.384 e.